The summed E-state index contributed by atoms with van der Waals surface area (Å²) in [5.74, 6) is 0. The fraction of sp³-hybridized carbons (Fsp3) is 0.364. The third-order valence-electron chi connectivity index (χ3n) is 2.52. The molecule has 1 aliphatic heterocycles. The Labute approximate surface area is 97.6 Å². The summed E-state index contributed by atoms with van der Waals surface area (Å²) in [5.41, 5.74) is 1.74. The van der Waals surface area contributed by atoms with Gasteiger partial charge in [-0.15, -0.1) is 0 Å². The van der Waals surface area contributed by atoms with Crippen LogP contribution in [0.1, 0.15) is 12.0 Å². The first-order chi connectivity index (χ1) is 7.29. The van der Waals surface area contributed by atoms with Gasteiger partial charge in [0, 0.05) is 22.7 Å². The van der Waals surface area contributed by atoms with Crippen LogP contribution in [0.25, 0.3) is 0 Å². The number of nitrogens with one attached hydrogen (secondary N) is 2. The first-order valence-corrected chi connectivity index (χ1v) is 5.76. The van der Waals surface area contributed by atoms with E-state index in [2.05, 4.69) is 32.6 Å². The summed E-state index contributed by atoms with van der Waals surface area (Å²) in [4.78, 5) is 0. The second-order valence-corrected chi connectivity index (χ2v) is 4.49. The van der Waals surface area contributed by atoms with Crippen LogP contribution in [0.2, 0.25) is 0 Å². The predicted molar refractivity (Wildman–Crippen MR) is 63.8 cm³/mol. The Morgan fingerprint density at radius 3 is 3.00 bits per heavy atom. The van der Waals surface area contributed by atoms with Crippen molar-refractivity contribution in [2.45, 2.75) is 12.5 Å². The van der Waals surface area contributed by atoms with Crippen molar-refractivity contribution in [3.05, 3.63) is 28.2 Å². The third-order valence-corrected chi connectivity index (χ3v) is 3.17. The molecule has 0 amide bonds. The van der Waals surface area contributed by atoms with E-state index in [-0.39, 0.29) is 0 Å². The molecule has 1 fully saturated rings. The first-order valence-electron chi connectivity index (χ1n) is 4.96. The van der Waals surface area contributed by atoms with E-state index < -0.39 is 0 Å². The summed E-state index contributed by atoms with van der Waals surface area (Å²) in [5, 5.41) is 15.5. The van der Waals surface area contributed by atoms with Crippen molar-refractivity contribution in [2.24, 2.45) is 0 Å². The van der Waals surface area contributed by atoms with E-state index in [0.717, 1.165) is 29.7 Å². The maximum absolute atomic E-state index is 8.74. The van der Waals surface area contributed by atoms with Crippen LogP contribution in [0, 0.1) is 11.3 Å². The Balaban J connectivity index is 2.11. The minimum atomic E-state index is 0.495. The number of halogens is 1. The van der Waals surface area contributed by atoms with Gasteiger partial charge < -0.3 is 10.6 Å². The van der Waals surface area contributed by atoms with Gasteiger partial charge in [0.25, 0.3) is 0 Å². The molecule has 4 heteroatoms. The van der Waals surface area contributed by atoms with Crippen LogP contribution in [0.5, 0.6) is 0 Å². The van der Waals surface area contributed by atoms with Gasteiger partial charge in [-0.3, -0.25) is 0 Å². The van der Waals surface area contributed by atoms with E-state index in [4.69, 9.17) is 5.26 Å². The molecule has 0 aliphatic carbocycles. The van der Waals surface area contributed by atoms with Gasteiger partial charge in [-0.25, -0.2) is 0 Å². The van der Waals surface area contributed by atoms with Crippen LogP contribution >= 0.6 is 15.9 Å². The number of benzene rings is 1. The zero-order valence-electron chi connectivity index (χ0n) is 8.26. The Morgan fingerprint density at radius 1 is 1.53 bits per heavy atom. The molecule has 1 aromatic rings. The van der Waals surface area contributed by atoms with Crippen molar-refractivity contribution < 1.29 is 0 Å². The standard InChI is InChI=1S/C11H12BrN3/c12-10-5-8(6-13)1-2-11(10)15-9-3-4-14-7-9/h1-2,5,9,14-15H,3-4,7H2. The topological polar surface area (TPSA) is 47.9 Å². The highest BCUT2D eigenvalue weighted by atomic mass is 79.9. The largest absolute Gasteiger partial charge is 0.380 e. The molecule has 1 heterocycles. The molecule has 0 radical (unpaired) electrons. The number of rotatable bonds is 2. The lowest BCUT2D eigenvalue weighted by Crippen LogP contribution is -2.22. The van der Waals surface area contributed by atoms with Crippen LogP contribution in [0.3, 0.4) is 0 Å². The fourth-order valence-electron chi connectivity index (χ4n) is 1.70. The number of nitriles is 1. The molecular formula is C11H12BrN3. The molecule has 2 rings (SSSR count). The minimum absolute atomic E-state index is 0.495. The normalized spacial score (nSPS) is 19.9. The van der Waals surface area contributed by atoms with Crippen molar-refractivity contribution in [2.75, 3.05) is 18.4 Å². The Bertz CT molecular complexity index is 391. The summed E-state index contributed by atoms with van der Waals surface area (Å²) in [6.45, 7) is 2.08. The molecule has 0 spiro atoms. The van der Waals surface area contributed by atoms with Crippen LogP contribution in [-0.2, 0) is 0 Å². The summed E-state index contributed by atoms with van der Waals surface area (Å²) < 4.78 is 0.952. The lowest BCUT2D eigenvalue weighted by molar-refractivity contribution is 0.793. The maximum Gasteiger partial charge on any atom is 0.0992 e. The monoisotopic (exact) mass is 265 g/mol. The Hall–Kier alpha value is -1.05. The van der Waals surface area contributed by atoms with Crippen molar-refractivity contribution in [3.8, 4) is 6.07 Å². The van der Waals surface area contributed by atoms with Crippen molar-refractivity contribution in [3.63, 3.8) is 0 Å². The molecule has 1 atom stereocenters. The van der Waals surface area contributed by atoms with Gasteiger partial charge in [0.05, 0.1) is 11.6 Å². The lowest BCUT2D eigenvalue weighted by atomic mass is 10.2. The van der Waals surface area contributed by atoms with Gasteiger partial charge in [-0.1, -0.05) is 0 Å². The molecule has 1 aliphatic rings. The average Bonchev–Trinajstić information content (AvgIpc) is 2.74. The average molecular weight is 266 g/mol. The van der Waals surface area contributed by atoms with Crippen LogP contribution in [0.4, 0.5) is 5.69 Å². The van der Waals surface area contributed by atoms with Gasteiger partial charge in [0.15, 0.2) is 0 Å². The van der Waals surface area contributed by atoms with Gasteiger partial charge in [-0.2, -0.15) is 5.26 Å². The highest BCUT2D eigenvalue weighted by Gasteiger charge is 2.14. The molecule has 1 aromatic carbocycles. The Kier molecular flexibility index (Phi) is 3.24. The SMILES string of the molecule is N#Cc1ccc(NC2CCNC2)c(Br)c1. The maximum atomic E-state index is 8.74. The number of nitrogens with zero attached hydrogens (tertiary/aromatic N) is 1. The second-order valence-electron chi connectivity index (χ2n) is 3.64. The smallest absolute Gasteiger partial charge is 0.0992 e. The molecule has 15 heavy (non-hydrogen) atoms. The summed E-state index contributed by atoms with van der Waals surface area (Å²) >= 11 is 3.46. The highest BCUT2D eigenvalue weighted by Crippen LogP contribution is 2.24. The molecule has 1 saturated heterocycles. The van der Waals surface area contributed by atoms with Crippen LogP contribution in [-0.4, -0.2) is 19.1 Å². The van der Waals surface area contributed by atoms with Gasteiger partial charge in [0.2, 0.25) is 0 Å². The molecule has 0 bridgehead atoms. The van der Waals surface area contributed by atoms with E-state index >= 15 is 0 Å². The fourth-order valence-corrected chi connectivity index (χ4v) is 2.19. The molecule has 0 saturated carbocycles. The van der Waals surface area contributed by atoms with Gasteiger partial charge in [0.1, 0.15) is 0 Å². The quantitative estimate of drug-likeness (QED) is 0.861. The zero-order valence-corrected chi connectivity index (χ0v) is 9.84. The van der Waals surface area contributed by atoms with E-state index in [1.165, 1.54) is 0 Å². The molecule has 3 nitrogen and oxygen atoms in total. The molecule has 0 aromatic heterocycles. The van der Waals surface area contributed by atoms with Crippen LogP contribution in [0.15, 0.2) is 22.7 Å². The summed E-state index contributed by atoms with van der Waals surface area (Å²) in [6, 6.07) is 8.23. The van der Waals surface area contributed by atoms with E-state index in [1.54, 1.807) is 0 Å². The first kappa shape index (κ1) is 10.5. The Morgan fingerprint density at radius 2 is 2.40 bits per heavy atom. The van der Waals surface area contributed by atoms with E-state index in [9.17, 15) is 0 Å². The molecular weight excluding hydrogens is 254 g/mol. The van der Waals surface area contributed by atoms with E-state index in [1.807, 2.05) is 18.2 Å². The second kappa shape index (κ2) is 4.65. The number of hydrogen-bond donors (Lipinski definition) is 2. The predicted octanol–water partition coefficient (Wildman–Crippen LogP) is 2.09. The summed E-state index contributed by atoms with van der Waals surface area (Å²) in [6.07, 6.45) is 1.15. The number of anilines is 1. The molecule has 78 valence electrons. The zero-order chi connectivity index (χ0) is 10.7. The van der Waals surface area contributed by atoms with Gasteiger partial charge >= 0.3 is 0 Å². The molecule has 2 N–H and O–H groups in total. The lowest BCUT2D eigenvalue weighted by Gasteiger charge is -2.14. The molecule has 1 unspecified atom stereocenters. The highest BCUT2D eigenvalue weighted by molar-refractivity contribution is 9.10. The van der Waals surface area contributed by atoms with Gasteiger partial charge in [-0.05, 0) is 47.1 Å². The minimum Gasteiger partial charge on any atom is -0.380 e. The summed E-state index contributed by atoms with van der Waals surface area (Å²) in [7, 11) is 0. The van der Waals surface area contributed by atoms with Crippen molar-refractivity contribution >= 4 is 21.6 Å². The van der Waals surface area contributed by atoms with Crippen molar-refractivity contribution in [1.29, 1.82) is 5.26 Å². The van der Waals surface area contributed by atoms with Crippen LogP contribution < -0.4 is 10.6 Å². The van der Waals surface area contributed by atoms with Crippen molar-refractivity contribution in [1.82, 2.24) is 5.32 Å². The number of hydrogen-bond acceptors (Lipinski definition) is 3. The van der Waals surface area contributed by atoms with E-state index in [0.29, 0.717) is 11.6 Å². The third kappa shape index (κ3) is 2.49.